The molecule has 1 aliphatic rings. The average Bonchev–Trinajstić information content (AvgIpc) is 3.17. The number of nitrogens with one attached hydrogen (secondary N) is 3. The van der Waals surface area contributed by atoms with Gasteiger partial charge in [0.1, 0.15) is 5.82 Å². The Kier molecular flexibility index (Phi) is 4.05. The van der Waals surface area contributed by atoms with Gasteiger partial charge in [-0.2, -0.15) is 0 Å². The van der Waals surface area contributed by atoms with Crippen molar-refractivity contribution in [1.82, 2.24) is 20.0 Å². The van der Waals surface area contributed by atoms with Gasteiger partial charge in [-0.05, 0) is 24.5 Å². The predicted molar refractivity (Wildman–Crippen MR) is 78.9 cm³/mol. The van der Waals surface area contributed by atoms with Gasteiger partial charge in [-0.3, -0.25) is 0 Å². The zero-order chi connectivity index (χ0) is 14.7. The topological polar surface area (TPSA) is 86.9 Å². The highest BCUT2D eigenvalue weighted by molar-refractivity contribution is 7.89. The van der Waals surface area contributed by atoms with Gasteiger partial charge < -0.3 is 10.3 Å². The number of H-pyrrole nitrogens is 1. The fourth-order valence-corrected chi connectivity index (χ4v) is 3.31. The van der Waals surface area contributed by atoms with Crippen molar-refractivity contribution < 1.29 is 8.42 Å². The summed E-state index contributed by atoms with van der Waals surface area (Å²) in [5, 5.41) is 3.34. The normalized spacial score (nSPS) is 15.2. The third-order valence-electron chi connectivity index (χ3n) is 3.41. The lowest BCUT2D eigenvalue weighted by atomic mass is 10.2. The van der Waals surface area contributed by atoms with E-state index >= 15 is 0 Å². The minimum atomic E-state index is -3.54. The number of hydrogen-bond acceptors (Lipinski definition) is 4. The number of nitrogens with zero attached hydrogens (tertiary/aromatic N) is 1. The van der Waals surface area contributed by atoms with E-state index in [2.05, 4.69) is 20.0 Å². The third-order valence-corrected chi connectivity index (χ3v) is 4.91. The Morgan fingerprint density at radius 2 is 2.05 bits per heavy atom. The molecule has 0 spiro atoms. The third kappa shape index (κ3) is 3.69. The molecule has 1 aromatic heterocycles. The molecule has 2 aromatic rings. The number of rotatable bonds is 7. The van der Waals surface area contributed by atoms with E-state index in [0.29, 0.717) is 23.3 Å². The van der Waals surface area contributed by atoms with Crippen LogP contribution in [0.1, 0.15) is 24.2 Å². The molecule has 0 amide bonds. The second-order valence-electron chi connectivity index (χ2n) is 5.12. The van der Waals surface area contributed by atoms with Gasteiger partial charge in [-0.1, -0.05) is 18.2 Å². The molecule has 0 aliphatic heterocycles. The van der Waals surface area contributed by atoms with Gasteiger partial charge in [0.05, 0.1) is 11.4 Å². The summed E-state index contributed by atoms with van der Waals surface area (Å²) in [6.07, 6.45) is 5.60. The van der Waals surface area contributed by atoms with Crippen molar-refractivity contribution >= 4 is 10.0 Å². The number of imidazole rings is 1. The Labute approximate surface area is 124 Å². The highest BCUT2D eigenvalue weighted by Gasteiger charge is 2.22. The zero-order valence-electron chi connectivity index (χ0n) is 11.5. The van der Waals surface area contributed by atoms with Crippen LogP contribution in [0.25, 0.3) is 0 Å². The van der Waals surface area contributed by atoms with Crippen LogP contribution in [0, 0.1) is 0 Å². The number of sulfonamides is 1. The summed E-state index contributed by atoms with van der Waals surface area (Å²) in [5.41, 5.74) is 0.788. The van der Waals surface area contributed by atoms with E-state index in [4.69, 9.17) is 0 Å². The molecule has 3 rings (SSSR count). The zero-order valence-corrected chi connectivity index (χ0v) is 12.4. The SMILES string of the molecule is O=S(=O)(NCc1ncc[nH]1)c1ccccc1CNC1CC1. The molecular formula is C14H18N4O2S. The van der Waals surface area contributed by atoms with Crippen LogP contribution in [0.4, 0.5) is 0 Å². The highest BCUT2D eigenvalue weighted by atomic mass is 32.2. The van der Waals surface area contributed by atoms with Crippen LogP contribution in [0.2, 0.25) is 0 Å². The lowest BCUT2D eigenvalue weighted by Crippen LogP contribution is -2.26. The lowest BCUT2D eigenvalue weighted by molar-refractivity contribution is 0.576. The van der Waals surface area contributed by atoms with Gasteiger partial charge in [0.15, 0.2) is 0 Å². The quantitative estimate of drug-likeness (QED) is 0.716. The summed E-state index contributed by atoms with van der Waals surface area (Å²) >= 11 is 0. The maximum absolute atomic E-state index is 12.4. The summed E-state index contributed by atoms with van der Waals surface area (Å²) in [4.78, 5) is 7.21. The molecule has 3 N–H and O–H groups in total. The van der Waals surface area contributed by atoms with E-state index in [1.54, 1.807) is 24.5 Å². The Hall–Kier alpha value is -1.70. The van der Waals surface area contributed by atoms with Crippen LogP contribution in [0.5, 0.6) is 0 Å². The van der Waals surface area contributed by atoms with E-state index < -0.39 is 10.0 Å². The van der Waals surface area contributed by atoms with Crippen LogP contribution in [-0.4, -0.2) is 24.4 Å². The van der Waals surface area contributed by atoms with Gasteiger partial charge in [-0.25, -0.2) is 18.1 Å². The molecule has 0 atom stereocenters. The molecular weight excluding hydrogens is 288 g/mol. The van der Waals surface area contributed by atoms with Gasteiger partial charge >= 0.3 is 0 Å². The largest absolute Gasteiger partial charge is 0.347 e. The van der Waals surface area contributed by atoms with Crippen LogP contribution in [0.3, 0.4) is 0 Å². The van der Waals surface area contributed by atoms with Crippen molar-refractivity contribution in [3.05, 3.63) is 48.0 Å². The van der Waals surface area contributed by atoms with E-state index in [1.165, 1.54) is 12.8 Å². The number of aromatic amines is 1. The van der Waals surface area contributed by atoms with Crippen molar-refractivity contribution in [3.8, 4) is 0 Å². The van der Waals surface area contributed by atoms with Crippen molar-refractivity contribution in [2.24, 2.45) is 0 Å². The molecule has 0 bridgehead atoms. The summed E-state index contributed by atoms with van der Waals surface area (Å²) < 4.78 is 27.4. The molecule has 1 aliphatic carbocycles. The van der Waals surface area contributed by atoms with Crippen LogP contribution in [-0.2, 0) is 23.1 Å². The van der Waals surface area contributed by atoms with E-state index in [1.807, 2.05) is 12.1 Å². The Morgan fingerprint density at radius 1 is 1.24 bits per heavy atom. The Balaban J connectivity index is 1.73. The summed E-state index contributed by atoms with van der Waals surface area (Å²) in [6.45, 7) is 0.724. The molecule has 21 heavy (non-hydrogen) atoms. The molecule has 6 nitrogen and oxygen atoms in total. The Bertz CT molecular complexity index is 694. The number of benzene rings is 1. The first-order valence-corrected chi connectivity index (χ1v) is 8.43. The lowest BCUT2D eigenvalue weighted by Gasteiger charge is -2.11. The summed E-state index contributed by atoms with van der Waals surface area (Å²) in [7, 11) is -3.54. The standard InChI is InChI=1S/C14H18N4O2S/c19-21(20,18-10-14-15-7-8-16-14)13-4-2-1-3-11(13)9-17-12-5-6-12/h1-4,7-8,12,17-18H,5-6,9-10H2,(H,15,16). The van der Waals surface area contributed by atoms with E-state index in [-0.39, 0.29) is 6.54 Å². The number of aromatic nitrogens is 2. The minimum absolute atomic E-state index is 0.153. The first kappa shape index (κ1) is 14.2. The molecule has 0 saturated heterocycles. The molecule has 112 valence electrons. The van der Waals surface area contributed by atoms with E-state index in [9.17, 15) is 8.42 Å². The van der Waals surface area contributed by atoms with Crippen molar-refractivity contribution in [2.45, 2.75) is 36.9 Å². The molecule has 7 heteroatoms. The van der Waals surface area contributed by atoms with Crippen LogP contribution >= 0.6 is 0 Å². The summed E-state index contributed by atoms with van der Waals surface area (Å²) in [6, 6.07) is 7.61. The molecule has 0 unspecified atom stereocenters. The molecule has 1 heterocycles. The molecule has 1 saturated carbocycles. The van der Waals surface area contributed by atoms with Crippen molar-refractivity contribution in [3.63, 3.8) is 0 Å². The van der Waals surface area contributed by atoms with Crippen LogP contribution < -0.4 is 10.0 Å². The maximum Gasteiger partial charge on any atom is 0.241 e. The van der Waals surface area contributed by atoms with Gasteiger partial charge in [0, 0.05) is 25.0 Å². The fraction of sp³-hybridized carbons (Fsp3) is 0.357. The first-order chi connectivity index (χ1) is 10.1. The first-order valence-electron chi connectivity index (χ1n) is 6.94. The average molecular weight is 306 g/mol. The van der Waals surface area contributed by atoms with Gasteiger partial charge in [0.2, 0.25) is 10.0 Å². The van der Waals surface area contributed by atoms with Gasteiger partial charge in [-0.15, -0.1) is 0 Å². The van der Waals surface area contributed by atoms with Crippen molar-refractivity contribution in [1.29, 1.82) is 0 Å². The second kappa shape index (κ2) is 5.97. The predicted octanol–water partition coefficient (Wildman–Crippen LogP) is 1.14. The second-order valence-corrected chi connectivity index (χ2v) is 6.86. The van der Waals surface area contributed by atoms with Gasteiger partial charge in [0.25, 0.3) is 0 Å². The van der Waals surface area contributed by atoms with Crippen molar-refractivity contribution in [2.75, 3.05) is 0 Å². The minimum Gasteiger partial charge on any atom is -0.347 e. The monoisotopic (exact) mass is 306 g/mol. The van der Waals surface area contributed by atoms with E-state index in [0.717, 1.165) is 5.56 Å². The van der Waals surface area contributed by atoms with Crippen LogP contribution in [0.15, 0.2) is 41.6 Å². The smallest absolute Gasteiger partial charge is 0.241 e. The fourth-order valence-electron chi connectivity index (χ4n) is 2.09. The highest BCUT2D eigenvalue weighted by Crippen LogP contribution is 2.21. The molecule has 1 fully saturated rings. The molecule has 1 aromatic carbocycles. The molecule has 0 radical (unpaired) electrons. The maximum atomic E-state index is 12.4. The number of hydrogen-bond donors (Lipinski definition) is 3. The summed E-state index contributed by atoms with van der Waals surface area (Å²) in [5.74, 6) is 0.590. The Morgan fingerprint density at radius 3 is 2.76 bits per heavy atom.